The fraction of sp³-hybridized carbons (Fsp3) is 0.190. The molecule has 0 saturated heterocycles. The molecule has 4 rings (SSSR count). The van der Waals surface area contributed by atoms with Crippen molar-refractivity contribution in [2.75, 3.05) is 12.4 Å². The Morgan fingerprint density at radius 1 is 1.23 bits per heavy atom. The van der Waals surface area contributed by atoms with Crippen molar-refractivity contribution in [3.63, 3.8) is 0 Å². The summed E-state index contributed by atoms with van der Waals surface area (Å²) in [6, 6.07) is 11.8. The lowest BCUT2D eigenvalue weighted by Crippen LogP contribution is -2.16. The molecule has 0 amide bonds. The summed E-state index contributed by atoms with van der Waals surface area (Å²) >= 11 is 5.24. The van der Waals surface area contributed by atoms with Gasteiger partial charge in [-0.15, -0.1) is 11.8 Å². The Bertz CT molecular complexity index is 1080. The van der Waals surface area contributed by atoms with Gasteiger partial charge in [0.1, 0.15) is 17.9 Å². The first-order valence-electron chi connectivity index (χ1n) is 8.32. The van der Waals surface area contributed by atoms with E-state index in [1.165, 1.54) is 5.56 Å². The quantitative estimate of drug-likeness (QED) is 0.498. The SMILES string of the molecule is Cc1cc(C)c(OCC2=CCSc3c2c(=O)oc2ccccc32)c(Br)c1. The molecule has 0 saturated carbocycles. The van der Waals surface area contributed by atoms with Gasteiger partial charge in [0.05, 0.1) is 10.0 Å². The van der Waals surface area contributed by atoms with Crippen LogP contribution in [0.4, 0.5) is 0 Å². The van der Waals surface area contributed by atoms with Gasteiger partial charge in [-0.2, -0.15) is 0 Å². The molecular weight excluding hydrogens is 412 g/mol. The van der Waals surface area contributed by atoms with Crippen molar-refractivity contribution in [3.8, 4) is 5.75 Å². The van der Waals surface area contributed by atoms with Crippen molar-refractivity contribution < 1.29 is 9.15 Å². The van der Waals surface area contributed by atoms with E-state index in [1.807, 2.05) is 37.3 Å². The Hall–Kier alpha value is -1.98. The molecule has 132 valence electrons. The molecule has 26 heavy (non-hydrogen) atoms. The highest BCUT2D eigenvalue weighted by atomic mass is 79.9. The van der Waals surface area contributed by atoms with Crippen molar-refractivity contribution in [2.45, 2.75) is 18.7 Å². The third kappa shape index (κ3) is 3.10. The third-order valence-electron chi connectivity index (χ3n) is 4.39. The number of ether oxygens (including phenoxy) is 1. The number of hydrogen-bond donors (Lipinski definition) is 0. The van der Waals surface area contributed by atoms with Gasteiger partial charge in [0, 0.05) is 21.6 Å². The molecule has 0 unspecified atom stereocenters. The van der Waals surface area contributed by atoms with E-state index in [2.05, 4.69) is 35.0 Å². The summed E-state index contributed by atoms with van der Waals surface area (Å²) < 4.78 is 12.5. The summed E-state index contributed by atoms with van der Waals surface area (Å²) in [7, 11) is 0. The van der Waals surface area contributed by atoms with Gasteiger partial charge in [-0.1, -0.05) is 30.3 Å². The number of para-hydroxylation sites is 1. The van der Waals surface area contributed by atoms with Crippen LogP contribution < -0.4 is 10.4 Å². The molecule has 0 radical (unpaired) electrons. The lowest BCUT2D eigenvalue weighted by Gasteiger charge is -2.19. The molecule has 1 aliphatic heterocycles. The fourth-order valence-corrected chi connectivity index (χ4v) is 5.16. The summed E-state index contributed by atoms with van der Waals surface area (Å²) in [6.07, 6.45) is 2.05. The van der Waals surface area contributed by atoms with E-state index in [1.54, 1.807) is 11.8 Å². The monoisotopic (exact) mass is 428 g/mol. The summed E-state index contributed by atoms with van der Waals surface area (Å²) in [5.41, 5.74) is 4.07. The molecule has 2 aromatic carbocycles. The first-order chi connectivity index (χ1) is 12.5. The minimum absolute atomic E-state index is 0.305. The molecule has 0 atom stereocenters. The van der Waals surface area contributed by atoms with Crippen LogP contribution in [-0.4, -0.2) is 12.4 Å². The predicted molar refractivity (Wildman–Crippen MR) is 110 cm³/mol. The Balaban J connectivity index is 1.72. The fourth-order valence-electron chi connectivity index (χ4n) is 3.24. The molecule has 0 bridgehead atoms. The number of thioether (sulfide) groups is 1. The van der Waals surface area contributed by atoms with E-state index in [-0.39, 0.29) is 5.63 Å². The summed E-state index contributed by atoms with van der Waals surface area (Å²) in [4.78, 5) is 13.6. The second-order valence-electron chi connectivity index (χ2n) is 6.31. The maximum absolute atomic E-state index is 12.6. The molecule has 3 aromatic rings. The average molecular weight is 429 g/mol. The Kier molecular flexibility index (Phi) is 4.67. The highest BCUT2D eigenvalue weighted by molar-refractivity contribution is 9.10. The van der Waals surface area contributed by atoms with Crippen LogP contribution >= 0.6 is 27.7 Å². The van der Waals surface area contributed by atoms with Crippen molar-refractivity contribution in [3.05, 3.63) is 74.1 Å². The highest BCUT2D eigenvalue weighted by Gasteiger charge is 2.22. The lowest BCUT2D eigenvalue weighted by atomic mass is 10.1. The van der Waals surface area contributed by atoms with E-state index in [0.29, 0.717) is 17.8 Å². The summed E-state index contributed by atoms with van der Waals surface area (Å²) in [5, 5.41) is 0.977. The van der Waals surface area contributed by atoms with Gasteiger partial charge in [-0.25, -0.2) is 4.79 Å². The van der Waals surface area contributed by atoms with E-state index in [9.17, 15) is 4.79 Å². The smallest absolute Gasteiger partial charge is 0.345 e. The normalized spacial score (nSPS) is 13.4. The van der Waals surface area contributed by atoms with Gasteiger partial charge in [-0.3, -0.25) is 0 Å². The second-order valence-corrected chi connectivity index (χ2v) is 8.20. The number of halogens is 1. The molecule has 0 spiro atoms. The van der Waals surface area contributed by atoms with E-state index >= 15 is 0 Å². The largest absolute Gasteiger partial charge is 0.487 e. The number of fused-ring (bicyclic) bond motifs is 3. The van der Waals surface area contributed by atoms with E-state index in [4.69, 9.17) is 9.15 Å². The van der Waals surface area contributed by atoms with Gasteiger partial charge in [0.15, 0.2) is 0 Å². The molecule has 0 fully saturated rings. The van der Waals surface area contributed by atoms with Crippen LogP contribution in [0.15, 0.2) is 61.1 Å². The van der Waals surface area contributed by atoms with Gasteiger partial charge < -0.3 is 9.15 Å². The summed E-state index contributed by atoms with van der Waals surface area (Å²) in [5.74, 6) is 1.62. The van der Waals surface area contributed by atoms with Crippen molar-refractivity contribution in [1.29, 1.82) is 0 Å². The molecule has 0 aliphatic carbocycles. The second kappa shape index (κ2) is 6.97. The first kappa shape index (κ1) is 17.4. The standard InChI is InChI=1S/C21H17BrO3S/c1-12-9-13(2)19(16(22)10-12)24-11-14-7-8-26-20-15-5-3-4-6-17(15)25-21(23)18(14)20/h3-7,9-10H,8,11H2,1-2H3. The van der Waals surface area contributed by atoms with Crippen LogP contribution in [0.5, 0.6) is 5.75 Å². The maximum atomic E-state index is 12.6. The van der Waals surface area contributed by atoms with Crippen LogP contribution in [-0.2, 0) is 0 Å². The Labute approximate surface area is 164 Å². The maximum Gasteiger partial charge on any atom is 0.345 e. The Morgan fingerprint density at radius 3 is 2.85 bits per heavy atom. The highest BCUT2D eigenvalue weighted by Crippen LogP contribution is 2.38. The van der Waals surface area contributed by atoms with Gasteiger partial charge in [-0.05, 0) is 53.0 Å². The zero-order valence-corrected chi connectivity index (χ0v) is 16.9. The van der Waals surface area contributed by atoms with Crippen molar-refractivity contribution >= 4 is 44.2 Å². The topological polar surface area (TPSA) is 39.4 Å². The molecular formula is C21H17BrO3S. The third-order valence-corrected chi connectivity index (χ3v) is 6.02. The molecule has 3 nitrogen and oxygen atoms in total. The van der Waals surface area contributed by atoms with Gasteiger partial charge >= 0.3 is 5.63 Å². The van der Waals surface area contributed by atoms with Crippen LogP contribution in [0.2, 0.25) is 0 Å². The lowest BCUT2D eigenvalue weighted by molar-refractivity contribution is 0.363. The molecule has 1 aliphatic rings. The molecule has 2 heterocycles. The first-order valence-corrected chi connectivity index (χ1v) is 10.1. The molecule has 0 N–H and O–H groups in total. The number of rotatable bonds is 3. The van der Waals surface area contributed by atoms with E-state index in [0.717, 1.165) is 37.4 Å². The van der Waals surface area contributed by atoms with Crippen molar-refractivity contribution in [1.82, 2.24) is 0 Å². The molecule has 1 aromatic heterocycles. The Morgan fingerprint density at radius 2 is 2.04 bits per heavy atom. The average Bonchev–Trinajstić information content (AvgIpc) is 2.61. The van der Waals surface area contributed by atoms with Crippen LogP contribution in [0.3, 0.4) is 0 Å². The predicted octanol–water partition coefficient (Wildman–Crippen LogP) is 5.74. The summed E-state index contributed by atoms with van der Waals surface area (Å²) in [6.45, 7) is 4.40. The van der Waals surface area contributed by atoms with Crippen molar-refractivity contribution in [2.24, 2.45) is 0 Å². The van der Waals surface area contributed by atoms with Crippen LogP contribution in [0.1, 0.15) is 16.7 Å². The minimum Gasteiger partial charge on any atom is -0.487 e. The van der Waals surface area contributed by atoms with Crippen LogP contribution in [0, 0.1) is 13.8 Å². The zero-order valence-electron chi connectivity index (χ0n) is 14.5. The zero-order chi connectivity index (χ0) is 18.3. The minimum atomic E-state index is -0.305. The number of hydrogen-bond acceptors (Lipinski definition) is 4. The molecule has 5 heteroatoms. The van der Waals surface area contributed by atoms with Gasteiger partial charge in [0.25, 0.3) is 0 Å². The number of aryl methyl sites for hydroxylation is 2. The van der Waals surface area contributed by atoms with Gasteiger partial charge in [0.2, 0.25) is 0 Å². The number of benzene rings is 2. The van der Waals surface area contributed by atoms with E-state index < -0.39 is 0 Å². The van der Waals surface area contributed by atoms with Crippen LogP contribution in [0.25, 0.3) is 16.5 Å².